The molecule has 2 nitrogen and oxygen atoms in total. The van der Waals surface area contributed by atoms with Crippen molar-refractivity contribution in [1.29, 1.82) is 0 Å². The Labute approximate surface area is 142 Å². The number of ether oxygens (including phenoxy) is 1. The lowest BCUT2D eigenvalue weighted by Crippen LogP contribution is -2.44. The van der Waals surface area contributed by atoms with E-state index in [1.807, 2.05) is 0 Å². The fourth-order valence-electron chi connectivity index (χ4n) is 3.54. The Morgan fingerprint density at radius 2 is 2.00 bits per heavy atom. The highest BCUT2D eigenvalue weighted by molar-refractivity contribution is 5.85. The average Bonchev–Trinajstić information content (AvgIpc) is 2.44. The second-order valence-electron chi connectivity index (χ2n) is 7.53. The first-order valence-corrected chi connectivity index (χ1v) is 8.33. The van der Waals surface area contributed by atoms with Crippen LogP contribution in [0.2, 0.25) is 0 Å². The lowest BCUT2D eigenvalue weighted by atomic mass is 9.85. The number of methoxy groups -OCH3 is 1. The van der Waals surface area contributed by atoms with E-state index < -0.39 is 0 Å². The number of rotatable bonds is 5. The predicted molar refractivity (Wildman–Crippen MR) is 97.4 cm³/mol. The molecule has 0 amide bonds. The summed E-state index contributed by atoms with van der Waals surface area (Å²) in [6.07, 6.45) is 4.80. The van der Waals surface area contributed by atoms with Crippen LogP contribution in [0.15, 0.2) is 18.2 Å². The van der Waals surface area contributed by atoms with Crippen LogP contribution >= 0.6 is 12.4 Å². The first kappa shape index (κ1) is 19.3. The Kier molecular flexibility index (Phi) is 7.21. The van der Waals surface area contributed by atoms with Crippen LogP contribution in [0.1, 0.15) is 51.7 Å². The minimum Gasteiger partial charge on any atom is -0.496 e. The molecule has 0 radical (unpaired) electrons. The molecule has 1 aromatic carbocycles. The molecule has 0 fully saturated rings. The highest BCUT2D eigenvalue weighted by atomic mass is 35.5. The summed E-state index contributed by atoms with van der Waals surface area (Å²) in [4.78, 5) is 2.71. The molecular formula is C19H32ClNO. The van der Waals surface area contributed by atoms with E-state index in [-0.39, 0.29) is 12.4 Å². The van der Waals surface area contributed by atoms with E-state index in [1.54, 1.807) is 7.11 Å². The van der Waals surface area contributed by atoms with Crippen LogP contribution in [0.4, 0.5) is 0 Å². The van der Waals surface area contributed by atoms with Crippen molar-refractivity contribution in [2.45, 2.75) is 59.4 Å². The molecule has 0 spiro atoms. The lowest BCUT2D eigenvalue weighted by molar-refractivity contribution is 0.126. The Morgan fingerprint density at radius 1 is 1.27 bits per heavy atom. The molecule has 2 rings (SSSR count). The maximum atomic E-state index is 5.52. The van der Waals surface area contributed by atoms with Crippen LogP contribution in [0.5, 0.6) is 5.75 Å². The molecule has 22 heavy (non-hydrogen) atoms. The molecule has 0 heterocycles. The largest absolute Gasteiger partial charge is 0.496 e. The van der Waals surface area contributed by atoms with Crippen molar-refractivity contribution in [3.8, 4) is 5.75 Å². The Morgan fingerprint density at radius 3 is 2.59 bits per heavy atom. The Bertz CT molecular complexity index is 467. The van der Waals surface area contributed by atoms with Crippen molar-refractivity contribution in [2.75, 3.05) is 20.2 Å². The molecule has 1 unspecified atom stereocenters. The molecule has 0 N–H and O–H groups in total. The van der Waals surface area contributed by atoms with Crippen molar-refractivity contribution in [3.05, 3.63) is 29.3 Å². The monoisotopic (exact) mass is 325 g/mol. The summed E-state index contributed by atoms with van der Waals surface area (Å²) in [7, 11) is 1.78. The smallest absolute Gasteiger partial charge is 0.122 e. The lowest BCUT2D eigenvalue weighted by Gasteiger charge is -2.39. The van der Waals surface area contributed by atoms with Gasteiger partial charge in [-0.15, -0.1) is 12.4 Å². The summed E-state index contributed by atoms with van der Waals surface area (Å²) in [6, 6.07) is 7.20. The molecule has 3 heteroatoms. The first-order valence-electron chi connectivity index (χ1n) is 8.33. The van der Waals surface area contributed by atoms with Crippen molar-refractivity contribution in [1.82, 2.24) is 4.90 Å². The van der Waals surface area contributed by atoms with E-state index in [9.17, 15) is 0 Å². The van der Waals surface area contributed by atoms with E-state index in [1.165, 1.54) is 43.5 Å². The molecule has 0 bridgehead atoms. The topological polar surface area (TPSA) is 12.5 Å². The van der Waals surface area contributed by atoms with Gasteiger partial charge in [0.15, 0.2) is 0 Å². The molecule has 0 saturated carbocycles. The number of hydrogen-bond acceptors (Lipinski definition) is 2. The van der Waals surface area contributed by atoms with E-state index in [2.05, 4.69) is 50.8 Å². The molecule has 0 saturated heterocycles. The number of hydrogen-bond donors (Lipinski definition) is 0. The van der Waals surface area contributed by atoms with Gasteiger partial charge in [-0.2, -0.15) is 0 Å². The van der Waals surface area contributed by atoms with Crippen molar-refractivity contribution in [2.24, 2.45) is 5.41 Å². The normalized spacial score (nSPS) is 17.8. The zero-order valence-electron chi connectivity index (χ0n) is 14.8. The van der Waals surface area contributed by atoms with Gasteiger partial charge in [0, 0.05) is 12.6 Å². The van der Waals surface area contributed by atoms with Gasteiger partial charge in [0.05, 0.1) is 7.11 Å². The molecule has 126 valence electrons. The van der Waals surface area contributed by atoms with Gasteiger partial charge >= 0.3 is 0 Å². The number of halogens is 1. The summed E-state index contributed by atoms with van der Waals surface area (Å²) in [5, 5.41) is 0. The van der Waals surface area contributed by atoms with Gasteiger partial charge in [-0.25, -0.2) is 0 Å². The SMILES string of the molecule is CCCN(CC(C)(C)C)C1CCc2c(cccc2OC)C1.Cl. The number of fused-ring (bicyclic) bond motifs is 1. The summed E-state index contributed by atoms with van der Waals surface area (Å²) in [6.45, 7) is 11.7. The number of nitrogens with zero attached hydrogens (tertiary/aromatic N) is 1. The molecule has 0 aromatic heterocycles. The Hall–Kier alpha value is -0.730. The van der Waals surface area contributed by atoms with Crippen LogP contribution in [-0.2, 0) is 12.8 Å². The Balaban J connectivity index is 0.00000242. The van der Waals surface area contributed by atoms with E-state index in [4.69, 9.17) is 4.74 Å². The zero-order chi connectivity index (χ0) is 15.5. The summed E-state index contributed by atoms with van der Waals surface area (Å²) < 4.78 is 5.52. The van der Waals surface area contributed by atoms with E-state index in [0.717, 1.165) is 12.2 Å². The number of benzene rings is 1. The molecule has 1 aromatic rings. The van der Waals surface area contributed by atoms with Crippen molar-refractivity contribution in [3.63, 3.8) is 0 Å². The van der Waals surface area contributed by atoms with Crippen LogP contribution in [0.3, 0.4) is 0 Å². The minimum atomic E-state index is 0. The van der Waals surface area contributed by atoms with E-state index >= 15 is 0 Å². The van der Waals surface area contributed by atoms with Crippen molar-refractivity contribution >= 4 is 12.4 Å². The quantitative estimate of drug-likeness (QED) is 0.775. The highest BCUT2D eigenvalue weighted by Crippen LogP contribution is 2.32. The van der Waals surface area contributed by atoms with Gasteiger partial charge in [-0.1, -0.05) is 39.8 Å². The summed E-state index contributed by atoms with van der Waals surface area (Å²) >= 11 is 0. The van der Waals surface area contributed by atoms with Gasteiger partial charge in [0.1, 0.15) is 5.75 Å². The third-order valence-corrected chi connectivity index (χ3v) is 4.34. The predicted octanol–water partition coefficient (Wildman–Crippen LogP) is 4.73. The highest BCUT2D eigenvalue weighted by Gasteiger charge is 2.27. The van der Waals surface area contributed by atoms with E-state index in [0.29, 0.717) is 11.5 Å². The average molecular weight is 326 g/mol. The maximum Gasteiger partial charge on any atom is 0.122 e. The van der Waals surface area contributed by atoms with Gasteiger partial charge in [0.25, 0.3) is 0 Å². The molecule has 0 aliphatic heterocycles. The first-order chi connectivity index (χ1) is 9.94. The minimum absolute atomic E-state index is 0. The summed E-state index contributed by atoms with van der Waals surface area (Å²) in [5.41, 5.74) is 3.29. The summed E-state index contributed by atoms with van der Waals surface area (Å²) in [5.74, 6) is 1.07. The standard InChI is InChI=1S/C19H31NO.ClH/c1-6-12-20(14-19(2,3)4)16-10-11-17-15(13-16)8-7-9-18(17)21-5;/h7-9,16H,6,10-14H2,1-5H3;1H. The fourth-order valence-corrected chi connectivity index (χ4v) is 3.54. The van der Waals surface area contributed by atoms with Crippen LogP contribution in [0.25, 0.3) is 0 Å². The molecule has 1 aliphatic rings. The van der Waals surface area contributed by atoms with Crippen LogP contribution < -0.4 is 4.74 Å². The van der Waals surface area contributed by atoms with Gasteiger partial charge in [-0.05, 0) is 54.8 Å². The second-order valence-corrected chi connectivity index (χ2v) is 7.53. The zero-order valence-corrected chi connectivity index (χ0v) is 15.6. The van der Waals surface area contributed by atoms with Gasteiger partial charge < -0.3 is 4.74 Å². The molecular weight excluding hydrogens is 294 g/mol. The van der Waals surface area contributed by atoms with Crippen LogP contribution in [-0.4, -0.2) is 31.1 Å². The van der Waals surface area contributed by atoms with Crippen LogP contribution in [0, 0.1) is 5.41 Å². The molecule has 1 aliphatic carbocycles. The third-order valence-electron chi connectivity index (χ3n) is 4.34. The maximum absolute atomic E-state index is 5.52. The fraction of sp³-hybridized carbons (Fsp3) is 0.684. The second kappa shape index (κ2) is 8.21. The third kappa shape index (κ3) is 4.89. The molecule has 1 atom stereocenters. The van der Waals surface area contributed by atoms with Gasteiger partial charge in [-0.3, -0.25) is 4.90 Å². The van der Waals surface area contributed by atoms with Crippen molar-refractivity contribution < 1.29 is 4.74 Å². The van der Waals surface area contributed by atoms with Gasteiger partial charge in [0.2, 0.25) is 0 Å².